The molecule has 1 aromatic rings. The molecule has 0 aromatic heterocycles. The van der Waals surface area contributed by atoms with E-state index < -0.39 is 0 Å². The minimum atomic E-state index is -0.316. The molecular formula is C11H15FN2O. The molecule has 0 aliphatic carbocycles. The van der Waals surface area contributed by atoms with Gasteiger partial charge in [-0.3, -0.25) is 4.79 Å². The number of nitrogens with two attached hydrogens (primary N) is 1. The molecule has 0 radical (unpaired) electrons. The van der Waals surface area contributed by atoms with Crippen LogP contribution in [0.3, 0.4) is 0 Å². The minimum Gasteiger partial charge on any atom is -0.328 e. The van der Waals surface area contributed by atoms with Crippen LogP contribution in [0.15, 0.2) is 24.3 Å². The normalized spacial score (nSPS) is 12.2. The first-order valence-corrected chi connectivity index (χ1v) is 4.89. The lowest BCUT2D eigenvalue weighted by atomic mass is 10.2. The van der Waals surface area contributed by atoms with Gasteiger partial charge in [-0.05, 0) is 37.6 Å². The number of carbonyl (C=O) groups excluding carboxylic acids is 1. The molecule has 1 unspecified atom stereocenters. The van der Waals surface area contributed by atoms with Crippen LogP contribution >= 0.6 is 0 Å². The summed E-state index contributed by atoms with van der Waals surface area (Å²) in [5, 5.41) is 2.66. The molecule has 0 aliphatic heterocycles. The number of hydrogen-bond donors (Lipinski definition) is 2. The van der Waals surface area contributed by atoms with Crippen molar-refractivity contribution in [3.05, 3.63) is 30.1 Å². The Bertz CT molecular complexity index is 322. The van der Waals surface area contributed by atoms with Crippen molar-refractivity contribution in [2.24, 2.45) is 5.73 Å². The summed E-state index contributed by atoms with van der Waals surface area (Å²) in [4.78, 5) is 11.3. The lowest BCUT2D eigenvalue weighted by molar-refractivity contribution is -0.116. The standard InChI is InChI=1S/C11H15FN2O/c1-8(13)2-7-11(15)14-10-5-3-9(12)4-6-10/h3-6,8H,2,7,13H2,1H3,(H,14,15). The predicted octanol–water partition coefficient (Wildman–Crippen LogP) is 1.89. The van der Waals surface area contributed by atoms with E-state index in [0.717, 1.165) is 0 Å². The van der Waals surface area contributed by atoms with Crippen molar-refractivity contribution in [2.45, 2.75) is 25.8 Å². The van der Waals surface area contributed by atoms with Crippen molar-refractivity contribution in [3.8, 4) is 0 Å². The molecule has 3 nitrogen and oxygen atoms in total. The van der Waals surface area contributed by atoms with Gasteiger partial charge in [0.25, 0.3) is 0 Å². The molecular weight excluding hydrogens is 195 g/mol. The first kappa shape index (κ1) is 11.7. The molecule has 1 aromatic carbocycles. The monoisotopic (exact) mass is 210 g/mol. The summed E-state index contributed by atoms with van der Waals surface area (Å²) >= 11 is 0. The largest absolute Gasteiger partial charge is 0.328 e. The molecule has 82 valence electrons. The highest BCUT2D eigenvalue weighted by atomic mass is 19.1. The van der Waals surface area contributed by atoms with Crippen LogP contribution in [0.2, 0.25) is 0 Å². The Morgan fingerprint density at radius 3 is 2.60 bits per heavy atom. The van der Waals surface area contributed by atoms with Crippen LogP contribution in [0.4, 0.5) is 10.1 Å². The summed E-state index contributed by atoms with van der Waals surface area (Å²) < 4.78 is 12.5. The zero-order valence-electron chi connectivity index (χ0n) is 8.66. The highest BCUT2D eigenvalue weighted by molar-refractivity contribution is 5.90. The predicted molar refractivity (Wildman–Crippen MR) is 57.9 cm³/mol. The van der Waals surface area contributed by atoms with Crippen molar-refractivity contribution >= 4 is 11.6 Å². The zero-order valence-corrected chi connectivity index (χ0v) is 8.66. The Kier molecular flexibility index (Phi) is 4.24. The molecule has 1 amide bonds. The summed E-state index contributed by atoms with van der Waals surface area (Å²) in [5.74, 6) is -0.414. The molecule has 0 bridgehead atoms. The van der Waals surface area contributed by atoms with Crippen LogP contribution in [0.5, 0.6) is 0 Å². The number of hydrogen-bond acceptors (Lipinski definition) is 2. The molecule has 0 spiro atoms. The molecule has 15 heavy (non-hydrogen) atoms. The number of nitrogens with one attached hydrogen (secondary N) is 1. The van der Waals surface area contributed by atoms with E-state index in [2.05, 4.69) is 5.32 Å². The van der Waals surface area contributed by atoms with Gasteiger partial charge in [0.05, 0.1) is 0 Å². The Labute approximate surface area is 88.5 Å². The fourth-order valence-corrected chi connectivity index (χ4v) is 1.12. The van der Waals surface area contributed by atoms with Crippen LogP contribution in [-0.4, -0.2) is 11.9 Å². The van der Waals surface area contributed by atoms with Gasteiger partial charge in [-0.1, -0.05) is 0 Å². The first-order chi connectivity index (χ1) is 7.08. The number of carbonyl (C=O) groups is 1. The van der Waals surface area contributed by atoms with Crippen LogP contribution in [0.25, 0.3) is 0 Å². The van der Waals surface area contributed by atoms with Gasteiger partial charge in [0.2, 0.25) is 5.91 Å². The van der Waals surface area contributed by atoms with Crippen LogP contribution in [0.1, 0.15) is 19.8 Å². The molecule has 3 N–H and O–H groups in total. The maximum absolute atomic E-state index is 12.5. The first-order valence-electron chi connectivity index (χ1n) is 4.89. The summed E-state index contributed by atoms with van der Waals surface area (Å²) in [6.45, 7) is 1.85. The van der Waals surface area contributed by atoms with E-state index in [-0.39, 0.29) is 17.8 Å². The van der Waals surface area contributed by atoms with Gasteiger partial charge in [0, 0.05) is 18.2 Å². The molecule has 0 aliphatic rings. The summed E-state index contributed by atoms with van der Waals surface area (Å²) in [6.07, 6.45) is 1.03. The Hall–Kier alpha value is -1.42. The van der Waals surface area contributed by atoms with Gasteiger partial charge in [0.15, 0.2) is 0 Å². The van der Waals surface area contributed by atoms with Crippen LogP contribution < -0.4 is 11.1 Å². The maximum Gasteiger partial charge on any atom is 0.224 e. The van der Waals surface area contributed by atoms with E-state index in [1.165, 1.54) is 24.3 Å². The highest BCUT2D eigenvalue weighted by Gasteiger charge is 2.03. The summed E-state index contributed by atoms with van der Waals surface area (Å²) in [5.41, 5.74) is 6.13. The average molecular weight is 210 g/mol. The molecule has 0 saturated carbocycles. The minimum absolute atomic E-state index is 0.0176. The topological polar surface area (TPSA) is 55.1 Å². The third-order valence-electron chi connectivity index (χ3n) is 1.95. The third kappa shape index (κ3) is 4.56. The van der Waals surface area contributed by atoms with E-state index in [9.17, 15) is 9.18 Å². The molecule has 0 fully saturated rings. The quantitative estimate of drug-likeness (QED) is 0.797. The van der Waals surface area contributed by atoms with Gasteiger partial charge in [0.1, 0.15) is 5.82 Å². The number of halogens is 1. The smallest absolute Gasteiger partial charge is 0.224 e. The molecule has 1 atom stereocenters. The van der Waals surface area contributed by atoms with Gasteiger partial charge >= 0.3 is 0 Å². The maximum atomic E-state index is 12.5. The Balaban J connectivity index is 2.41. The van der Waals surface area contributed by atoms with E-state index in [1.807, 2.05) is 6.92 Å². The van der Waals surface area contributed by atoms with E-state index >= 15 is 0 Å². The fraction of sp³-hybridized carbons (Fsp3) is 0.364. The van der Waals surface area contributed by atoms with Gasteiger partial charge in [-0.2, -0.15) is 0 Å². The van der Waals surface area contributed by atoms with Crippen molar-refractivity contribution in [1.82, 2.24) is 0 Å². The average Bonchev–Trinajstić information content (AvgIpc) is 2.19. The molecule has 1 rings (SSSR count). The fourth-order valence-electron chi connectivity index (χ4n) is 1.12. The van der Waals surface area contributed by atoms with Gasteiger partial charge < -0.3 is 11.1 Å². The molecule has 0 saturated heterocycles. The van der Waals surface area contributed by atoms with Gasteiger partial charge in [-0.15, -0.1) is 0 Å². The van der Waals surface area contributed by atoms with Gasteiger partial charge in [-0.25, -0.2) is 4.39 Å². The zero-order chi connectivity index (χ0) is 11.3. The summed E-state index contributed by atoms with van der Waals surface area (Å²) in [6, 6.07) is 5.68. The number of benzene rings is 1. The SMILES string of the molecule is CC(N)CCC(=O)Nc1ccc(F)cc1. The van der Waals surface area contributed by atoms with Crippen molar-refractivity contribution in [1.29, 1.82) is 0 Å². The van der Waals surface area contributed by atoms with Crippen LogP contribution in [-0.2, 0) is 4.79 Å². The third-order valence-corrected chi connectivity index (χ3v) is 1.95. The van der Waals surface area contributed by atoms with Crippen molar-refractivity contribution in [2.75, 3.05) is 5.32 Å². The summed E-state index contributed by atoms with van der Waals surface area (Å²) in [7, 11) is 0. The number of rotatable bonds is 4. The van der Waals surface area contributed by atoms with E-state index in [1.54, 1.807) is 0 Å². The lowest BCUT2D eigenvalue weighted by Gasteiger charge is -2.06. The van der Waals surface area contributed by atoms with Crippen LogP contribution in [0, 0.1) is 5.82 Å². The highest BCUT2D eigenvalue weighted by Crippen LogP contribution is 2.09. The number of anilines is 1. The molecule has 4 heteroatoms. The van der Waals surface area contributed by atoms with Crippen molar-refractivity contribution in [3.63, 3.8) is 0 Å². The Morgan fingerprint density at radius 1 is 1.47 bits per heavy atom. The second-order valence-corrected chi connectivity index (χ2v) is 3.57. The molecule has 0 heterocycles. The number of amides is 1. The second-order valence-electron chi connectivity index (χ2n) is 3.57. The Morgan fingerprint density at radius 2 is 2.07 bits per heavy atom. The van der Waals surface area contributed by atoms with Crippen molar-refractivity contribution < 1.29 is 9.18 Å². The second kappa shape index (κ2) is 5.46. The van der Waals surface area contributed by atoms with E-state index in [4.69, 9.17) is 5.73 Å². The van der Waals surface area contributed by atoms with E-state index in [0.29, 0.717) is 18.5 Å². The lowest BCUT2D eigenvalue weighted by Crippen LogP contribution is -2.19.